The van der Waals surface area contributed by atoms with Crippen molar-refractivity contribution < 1.29 is 4.39 Å². The van der Waals surface area contributed by atoms with Crippen molar-refractivity contribution in [1.29, 1.82) is 0 Å². The number of aromatic nitrogens is 3. The van der Waals surface area contributed by atoms with Gasteiger partial charge in [-0.25, -0.2) is 8.70 Å². The zero-order valence-electron chi connectivity index (χ0n) is 18.8. The highest BCUT2D eigenvalue weighted by Crippen LogP contribution is 2.57. The zero-order valence-corrected chi connectivity index (χ0v) is 19.6. The van der Waals surface area contributed by atoms with E-state index in [1.54, 1.807) is 18.7 Å². The van der Waals surface area contributed by atoms with Crippen molar-refractivity contribution in [3.63, 3.8) is 0 Å². The third-order valence-electron chi connectivity index (χ3n) is 7.69. The van der Waals surface area contributed by atoms with Crippen LogP contribution in [0.3, 0.4) is 0 Å². The second kappa shape index (κ2) is 8.76. The van der Waals surface area contributed by atoms with Gasteiger partial charge in [0.1, 0.15) is 18.5 Å². The van der Waals surface area contributed by atoms with Crippen LogP contribution in [-0.4, -0.2) is 37.7 Å². The highest BCUT2D eigenvalue weighted by atomic mass is 32.2. The first-order valence-electron chi connectivity index (χ1n) is 12.1. The van der Waals surface area contributed by atoms with Crippen molar-refractivity contribution in [1.82, 2.24) is 19.1 Å². The van der Waals surface area contributed by atoms with Crippen LogP contribution in [0, 0.1) is 5.82 Å². The number of rotatable bonds is 5. The first-order valence-corrected chi connectivity index (χ1v) is 12.9. The lowest BCUT2D eigenvalue weighted by Gasteiger charge is -2.39. The summed E-state index contributed by atoms with van der Waals surface area (Å²) >= 11 is 1.93. The number of hydrogen-bond donors (Lipinski definition) is 0. The van der Waals surface area contributed by atoms with Gasteiger partial charge < -0.3 is 9.47 Å². The molecule has 3 heterocycles. The summed E-state index contributed by atoms with van der Waals surface area (Å²) in [5, 5.41) is 8.31. The lowest BCUT2D eigenvalue weighted by Crippen LogP contribution is -2.36. The van der Waals surface area contributed by atoms with Gasteiger partial charge >= 0.3 is 0 Å². The van der Waals surface area contributed by atoms with Crippen LogP contribution in [0.4, 0.5) is 10.1 Å². The number of piperidine rings is 1. The van der Waals surface area contributed by atoms with Gasteiger partial charge in [-0.1, -0.05) is 48.3 Å². The molecule has 0 amide bonds. The van der Waals surface area contributed by atoms with Crippen molar-refractivity contribution in [2.24, 2.45) is 0 Å². The largest absolute Gasteiger partial charge is 0.371 e. The normalized spacial score (nSPS) is 23.2. The third kappa shape index (κ3) is 4.28. The highest BCUT2D eigenvalue weighted by molar-refractivity contribution is 7.97. The molecule has 7 heteroatoms. The van der Waals surface area contributed by atoms with Crippen molar-refractivity contribution in [3.8, 4) is 0 Å². The predicted molar refractivity (Wildman–Crippen MR) is 130 cm³/mol. The second-order valence-corrected chi connectivity index (χ2v) is 10.9. The molecule has 0 bridgehead atoms. The van der Waals surface area contributed by atoms with E-state index in [0.29, 0.717) is 17.8 Å². The van der Waals surface area contributed by atoms with E-state index >= 15 is 4.39 Å². The van der Waals surface area contributed by atoms with Gasteiger partial charge in [0.15, 0.2) is 0 Å². The number of halogens is 1. The van der Waals surface area contributed by atoms with Gasteiger partial charge in [0.05, 0.1) is 0 Å². The smallest absolute Gasteiger partial charge is 0.129 e. The topological polar surface area (TPSA) is 37.2 Å². The summed E-state index contributed by atoms with van der Waals surface area (Å²) in [6.07, 6.45) is 10.5. The Bertz CT molecular complexity index is 1080. The zero-order chi connectivity index (χ0) is 22.3. The molecule has 3 fully saturated rings. The molecule has 0 radical (unpaired) electrons. The monoisotopic (exact) mass is 463 g/mol. The fourth-order valence-corrected chi connectivity index (χ4v) is 6.94. The molecule has 1 aliphatic carbocycles. The highest BCUT2D eigenvalue weighted by Gasteiger charge is 2.51. The van der Waals surface area contributed by atoms with Gasteiger partial charge in [0.25, 0.3) is 0 Å². The van der Waals surface area contributed by atoms with Crippen molar-refractivity contribution in [2.75, 3.05) is 18.0 Å². The summed E-state index contributed by atoms with van der Waals surface area (Å²) in [7, 11) is 0. The van der Waals surface area contributed by atoms with Gasteiger partial charge in [-0.05, 0) is 56.2 Å². The SMILES string of the molecule is Fc1cc(N2CCC(n3cnnc3)CC2)ccc1CN1S[C@H](c2ccccc2)CCC12CC2. The minimum atomic E-state index is -0.0772. The van der Waals surface area contributed by atoms with Crippen LogP contribution in [-0.2, 0) is 6.54 Å². The maximum Gasteiger partial charge on any atom is 0.129 e. The summed E-state index contributed by atoms with van der Waals surface area (Å²) in [5.74, 6) is -0.0772. The van der Waals surface area contributed by atoms with E-state index in [2.05, 4.69) is 60.4 Å². The molecule has 1 aromatic heterocycles. The number of anilines is 1. The van der Waals surface area contributed by atoms with E-state index in [0.717, 1.165) is 37.2 Å². The number of nitrogens with zero attached hydrogens (tertiary/aromatic N) is 5. The molecule has 1 spiro atoms. The van der Waals surface area contributed by atoms with E-state index in [9.17, 15) is 0 Å². The standard InChI is InChI=1S/C26H30FN5S/c27-24-16-23(30-14-9-22(10-15-30)31-18-28-29-19-31)7-6-21(24)17-32-26(12-13-26)11-8-25(33-32)20-4-2-1-3-5-20/h1-7,16,18-19,22,25H,8-15,17H2/t25-/m0/s1. The molecular weight excluding hydrogens is 433 g/mol. The van der Waals surface area contributed by atoms with Crippen molar-refractivity contribution in [2.45, 2.75) is 61.9 Å². The molecule has 0 N–H and O–H groups in total. The van der Waals surface area contributed by atoms with Crippen molar-refractivity contribution >= 4 is 17.6 Å². The third-order valence-corrected chi connectivity index (χ3v) is 9.23. The number of hydrogen-bond acceptors (Lipinski definition) is 5. The Hall–Kier alpha value is -2.38. The Morgan fingerprint density at radius 1 is 0.939 bits per heavy atom. The minimum absolute atomic E-state index is 0.0772. The molecule has 1 atom stereocenters. The molecule has 3 aromatic rings. The maximum absolute atomic E-state index is 15.3. The molecule has 3 aliphatic rings. The van der Waals surface area contributed by atoms with Gasteiger partial charge in [0, 0.05) is 47.7 Å². The Morgan fingerprint density at radius 2 is 1.70 bits per heavy atom. The van der Waals surface area contributed by atoms with Crippen LogP contribution >= 0.6 is 11.9 Å². The molecule has 33 heavy (non-hydrogen) atoms. The quantitative estimate of drug-likeness (QED) is 0.449. The predicted octanol–water partition coefficient (Wildman–Crippen LogP) is 5.78. The Morgan fingerprint density at radius 3 is 2.39 bits per heavy atom. The van der Waals surface area contributed by atoms with Crippen LogP contribution in [0.5, 0.6) is 0 Å². The van der Waals surface area contributed by atoms with Gasteiger partial charge in [-0.15, -0.1) is 10.2 Å². The van der Waals surface area contributed by atoms with E-state index in [4.69, 9.17) is 0 Å². The second-order valence-electron chi connectivity index (χ2n) is 9.71. The molecule has 172 valence electrons. The first-order chi connectivity index (χ1) is 16.2. The van der Waals surface area contributed by atoms with Gasteiger partial charge in [-0.2, -0.15) is 0 Å². The molecule has 0 unspecified atom stereocenters. The lowest BCUT2D eigenvalue weighted by atomic mass is 10.0. The van der Waals surface area contributed by atoms with E-state index in [1.807, 2.05) is 18.0 Å². The Balaban J connectivity index is 1.13. The average molecular weight is 464 g/mol. The summed E-state index contributed by atoms with van der Waals surface area (Å²) in [6.45, 7) is 2.52. The molecular formula is C26H30FN5S. The maximum atomic E-state index is 15.3. The summed E-state index contributed by atoms with van der Waals surface area (Å²) in [6, 6.07) is 17.1. The van der Waals surface area contributed by atoms with Crippen LogP contribution in [0.2, 0.25) is 0 Å². The van der Waals surface area contributed by atoms with Crippen LogP contribution in [0.1, 0.15) is 60.9 Å². The minimum Gasteiger partial charge on any atom is -0.371 e. The van der Waals surface area contributed by atoms with E-state index < -0.39 is 0 Å². The van der Waals surface area contributed by atoms with E-state index in [-0.39, 0.29) is 11.4 Å². The Kier molecular flexibility index (Phi) is 5.62. The van der Waals surface area contributed by atoms with Crippen molar-refractivity contribution in [3.05, 3.63) is 78.1 Å². The van der Waals surface area contributed by atoms with Crippen LogP contribution < -0.4 is 4.90 Å². The molecule has 6 rings (SSSR count). The molecule has 2 aliphatic heterocycles. The van der Waals surface area contributed by atoms with Gasteiger partial charge in [0.2, 0.25) is 0 Å². The van der Waals surface area contributed by atoms with Gasteiger partial charge in [-0.3, -0.25) is 0 Å². The number of benzene rings is 2. The summed E-state index contributed by atoms with van der Waals surface area (Å²) in [5.41, 5.74) is 3.47. The Labute approximate surface area is 199 Å². The molecule has 2 saturated heterocycles. The molecule has 1 saturated carbocycles. The fraction of sp³-hybridized carbons (Fsp3) is 0.462. The van der Waals surface area contributed by atoms with Crippen LogP contribution in [0.25, 0.3) is 0 Å². The lowest BCUT2D eigenvalue weighted by molar-refractivity contribution is 0.276. The van der Waals surface area contributed by atoms with E-state index in [1.165, 1.54) is 31.2 Å². The molecule has 5 nitrogen and oxygen atoms in total. The average Bonchev–Trinajstić information content (AvgIpc) is 3.42. The molecule has 2 aromatic carbocycles. The first kappa shape index (κ1) is 21.2. The summed E-state index contributed by atoms with van der Waals surface area (Å²) < 4.78 is 19.9. The fourth-order valence-electron chi connectivity index (χ4n) is 5.42. The van der Waals surface area contributed by atoms with Crippen LogP contribution in [0.15, 0.2) is 61.2 Å². The summed E-state index contributed by atoms with van der Waals surface area (Å²) in [4.78, 5) is 2.30.